The first-order valence-corrected chi connectivity index (χ1v) is 8.43. The number of aromatic nitrogens is 2. The number of aromatic amines is 1. The second kappa shape index (κ2) is 6.80. The summed E-state index contributed by atoms with van der Waals surface area (Å²) in [6.07, 6.45) is 0. The van der Waals surface area contributed by atoms with Gasteiger partial charge in [-0.25, -0.2) is 4.98 Å². The molecule has 0 fully saturated rings. The summed E-state index contributed by atoms with van der Waals surface area (Å²) in [7, 11) is 0. The molecule has 24 heavy (non-hydrogen) atoms. The van der Waals surface area contributed by atoms with Crippen molar-refractivity contribution in [1.82, 2.24) is 9.97 Å². The first-order chi connectivity index (χ1) is 11.4. The summed E-state index contributed by atoms with van der Waals surface area (Å²) in [6, 6.07) is 9.05. The second-order valence-corrected chi connectivity index (χ2v) is 6.64. The Hall–Kier alpha value is -2.09. The molecule has 0 aliphatic heterocycles. The number of non-ortho nitro benzene ring substituents is 1. The van der Waals surface area contributed by atoms with Crippen molar-refractivity contribution in [3.8, 4) is 0 Å². The van der Waals surface area contributed by atoms with Crippen LogP contribution in [0.3, 0.4) is 0 Å². The molecule has 0 aliphatic carbocycles. The minimum Gasteiger partial charge on any atom is -0.333 e. The number of hydrogen-bond acceptors (Lipinski definition) is 5. The van der Waals surface area contributed by atoms with Gasteiger partial charge in [0.15, 0.2) is 10.9 Å². The fourth-order valence-electron chi connectivity index (χ4n) is 2.08. The first-order valence-electron chi connectivity index (χ1n) is 6.69. The molecule has 0 atom stereocenters. The third-order valence-electron chi connectivity index (χ3n) is 3.23. The fourth-order valence-corrected chi connectivity index (χ4v) is 3.37. The lowest BCUT2D eigenvalue weighted by Gasteiger charge is -2.02. The van der Waals surface area contributed by atoms with E-state index in [-0.39, 0.29) is 17.2 Å². The van der Waals surface area contributed by atoms with Gasteiger partial charge >= 0.3 is 0 Å². The van der Waals surface area contributed by atoms with E-state index in [1.807, 2.05) is 0 Å². The highest BCUT2D eigenvalue weighted by Gasteiger charge is 2.14. The molecule has 3 aromatic rings. The van der Waals surface area contributed by atoms with Gasteiger partial charge in [0, 0.05) is 22.7 Å². The summed E-state index contributed by atoms with van der Waals surface area (Å²) < 4.78 is 0. The van der Waals surface area contributed by atoms with Gasteiger partial charge in [-0.05, 0) is 24.3 Å². The molecule has 6 nitrogen and oxygen atoms in total. The summed E-state index contributed by atoms with van der Waals surface area (Å²) in [5.41, 5.74) is 1.51. The van der Waals surface area contributed by atoms with E-state index < -0.39 is 4.92 Å². The Morgan fingerprint density at radius 1 is 1.25 bits per heavy atom. The zero-order valence-electron chi connectivity index (χ0n) is 12.0. The Bertz CT molecular complexity index is 958. The number of nitro benzene ring substituents is 1. The van der Waals surface area contributed by atoms with Crippen molar-refractivity contribution in [2.45, 2.75) is 5.16 Å². The smallest absolute Gasteiger partial charge is 0.271 e. The van der Waals surface area contributed by atoms with Crippen molar-refractivity contribution in [2.24, 2.45) is 0 Å². The number of ketones is 1. The van der Waals surface area contributed by atoms with Crippen molar-refractivity contribution < 1.29 is 9.72 Å². The van der Waals surface area contributed by atoms with E-state index in [2.05, 4.69) is 9.97 Å². The maximum absolute atomic E-state index is 12.2. The zero-order valence-corrected chi connectivity index (χ0v) is 14.3. The third kappa shape index (κ3) is 3.53. The molecule has 0 amide bonds. The van der Waals surface area contributed by atoms with Crippen LogP contribution in [0.4, 0.5) is 5.69 Å². The van der Waals surface area contributed by atoms with E-state index in [1.165, 1.54) is 30.0 Å². The Morgan fingerprint density at radius 2 is 2.04 bits per heavy atom. The Morgan fingerprint density at radius 3 is 2.75 bits per heavy atom. The minimum absolute atomic E-state index is 0.0216. The van der Waals surface area contributed by atoms with Crippen LogP contribution in [-0.4, -0.2) is 26.4 Å². The molecule has 1 heterocycles. The van der Waals surface area contributed by atoms with E-state index >= 15 is 0 Å². The van der Waals surface area contributed by atoms with Gasteiger partial charge in [-0.15, -0.1) is 0 Å². The van der Waals surface area contributed by atoms with E-state index in [0.717, 1.165) is 0 Å². The molecule has 0 radical (unpaired) electrons. The lowest BCUT2D eigenvalue weighted by atomic mass is 10.1. The fraction of sp³-hybridized carbons (Fsp3) is 0.0667. The number of nitrogens with one attached hydrogen (secondary N) is 1. The molecule has 0 unspecified atom stereocenters. The molecule has 2 aromatic carbocycles. The van der Waals surface area contributed by atoms with Crippen LogP contribution >= 0.6 is 35.0 Å². The molecule has 0 aliphatic rings. The van der Waals surface area contributed by atoms with Gasteiger partial charge in [-0.3, -0.25) is 14.9 Å². The number of Topliss-reactive ketones (excluding diaryl/α,β-unsaturated/α-hetero) is 1. The lowest BCUT2D eigenvalue weighted by molar-refractivity contribution is -0.384. The van der Waals surface area contributed by atoms with E-state index in [1.54, 1.807) is 18.2 Å². The highest BCUT2D eigenvalue weighted by molar-refractivity contribution is 7.99. The Balaban J connectivity index is 1.75. The van der Waals surface area contributed by atoms with E-state index in [4.69, 9.17) is 23.2 Å². The number of nitrogens with zero attached hydrogens (tertiary/aromatic N) is 2. The van der Waals surface area contributed by atoms with Crippen molar-refractivity contribution in [3.63, 3.8) is 0 Å². The average molecular weight is 382 g/mol. The van der Waals surface area contributed by atoms with Gasteiger partial charge < -0.3 is 4.98 Å². The Labute approximate surface area is 150 Å². The number of rotatable bonds is 5. The number of fused-ring (bicyclic) bond motifs is 1. The van der Waals surface area contributed by atoms with Gasteiger partial charge in [0.25, 0.3) is 5.69 Å². The average Bonchev–Trinajstić information content (AvgIpc) is 2.94. The van der Waals surface area contributed by atoms with E-state index in [9.17, 15) is 14.9 Å². The lowest BCUT2D eigenvalue weighted by Crippen LogP contribution is -2.03. The summed E-state index contributed by atoms with van der Waals surface area (Å²) in [5, 5.41) is 12.0. The third-order valence-corrected chi connectivity index (χ3v) is 4.65. The standard InChI is InChI=1S/C15H9Cl2N3O3S/c16-8-1-3-10(11(17)5-8)14(21)7-24-15-18-12-4-2-9(20(22)23)6-13(12)19-15/h1-6H,7H2,(H,18,19). The molecule has 0 saturated heterocycles. The number of H-pyrrole nitrogens is 1. The number of hydrogen-bond donors (Lipinski definition) is 1. The summed E-state index contributed by atoms with van der Waals surface area (Å²) in [4.78, 5) is 29.8. The summed E-state index contributed by atoms with van der Waals surface area (Å²) in [6.45, 7) is 0. The second-order valence-electron chi connectivity index (χ2n) is 4.84. The molecule has 1 N–H and O–H groups in total. The van der Waals surface area contributed by atoms with Gasteiger partial charge in [-0.2, -0.15) is 0 Å². The van der Waals surface area contributed by atoms with Gasteiger partial charge in [0.05, 0.1) is 26.7 Å². The number of carbonyl (C=O) groups excluding carboxylic acids is 1. The van der Waals surface area contributed by atoms with Crippen LogP contribution in [0.2, 0.25) is 10.0 Å². The minimum atomic E-state index is -0.473. The number of benzene rings is 2. The van der Waals surface area contributed by atoms with Gasteiger partial charge in [-0.1, -0.05) is 35.0 Å². The van der Waals surface area contributed by atoms with Gasteiger partial charge in [0.2, 0.25) is 0 Å². The molecular weight excluding hydrogens is 373 g/mol. The number of imidazole rings is 1. The number of nitro groups is 1. The number of carbonyl (C=O) groups is 1. The highest BCUT2D eigenvalue weighted by Crippen LogP contribution is 2.26. The Kier molecular flexibility index (Phi) is 4.75. The van der Waals surface area contributed by atoms with Crippen LogP contribution in [0.15, 0.2) is 41.6 Å². The zero-order chi connectivity index (χ0) is 17.3. The van der Waals surface area contributed by atoms with Crippen LogP contribution in [0.25, 0.3) is 11.0 Å². The van der Waals surface area contributed by atoms with Crippen LogP contribution in [0.5, 0.6) is 0 Å². The molecule has 9 heteroatoms. The summed E-state index contributed by atoms with van der Waals surface area (Å²) in [5.74, 6) is -0.0309. The topological polar surface area (TPSA) is 88.9 Å². The number of thioether (sulfide) groups is 1. The van der Waals surface area contributed by atoms with Crippen molar-refractivity contribution >= 4 is 57.5 Å². The van der Waals surface area contributed by atoms with E-state index in [0.29, 0.717) is 31.8 Å². The van der Waals surface area contributed by atoms with Crippen LogP contribution in [0.1, 0.15) is 10.4 Å². The van der Waals surface area contributed by atoms with Crippen molar-refractivity contribution in [1.29, 1.82) is 0 Å². The van der Waals surface area contributed by atoms with Crippen LogP contribution in [0, 0.1) is 10.1 Å². The first kappa shape index (κ1) is 16.8. The quantitative estimate of drug-likeness (QED) is 0.298. The normalized spacial score (nSPS) is 10.9. The monoisotopic (exact) mass is 381 g/mol. The van der Waals surface area contributed by atoms with Crippen molar-refractivity contribution in [3.05, 3.63) is 62.1 Å². The molecule has 0 saturated carbocycles. The maximum Gasteiger partial charge on any atom is 0.271 e. The predicted molar refractivity (Wildman–Crippen MR) is 94.3 cm³/mol. The SMILES string of the molecule is O=C(CSc1nc2ccc([N+](=O)[O-])cc2[nH]1)c1ccc(Cl)cc1Cl. The number of halogens is 2. The predicted octanol–water partition coefficient (Wildman–Crippen LogP) is 4.75. The molecule has 1 aromatic heterocycles. The molecule has 0 spiro atoms. The molecule has 0 bridgehead atoms. The maximum atomic E-state index is 12.2. The molecular formula is C15H9Cl2N3O3S. The highest BCUT2D eigenvalue weighted by atomic mass is 35.5. The van der Waals surface area contributed by atoms with Crippen LogP contribution in [-0.2, 0) is 0 Å². The molecule has 3 rings (SSSR count). The van der Waals surface area contributed by atoms with Gasteiger partial charge in [0.1, 0.15) is 0 Å². The summed E-state index contributed by atoms with van der Waals surface area (Å²) >= 11 is 13.0. The van der Waals surface area contributed by atoms with Crippen molar-refractivity contribution in [2.75, 3.05) is 5.75 Å². The largest absolute Gasteiger partial charge is 0.333 e. The van der Waals surface area contributed by atoms with Crippen LogP contribution < -0.4 is 0 Å². The molecule has 122 valence electrons.